The second-order valence-electron chi connectivity index (χ2n) is 5.98. The molecule has 0 saturated carbocycles. The van der Waals surface area contributed by atoms with Crippen molar-refractivity contribution in [3.05, 3.63) is 35.4 Å². The van der Waals surface area contributed by atoms with Crippen LogP contribution in [0.1, 0.15) is 38.8 Å². The number of benzene rings is 1. The van der Waals surface area contributed by atoms with Gasteiger partial charge in [0.25, 0.3) is 0 Å². The molecular formula is C15H24N4O2. The van der Waals surface area contributed by atoms with Crippen molar-refractivity contribution in [3.63, 3.8) is 0 Å². The van der Waals surface area contributed by atoms with Gasteiger partial charge in [0.05, 0.1) is 6.04 Å². The van der Waals surface area contributed by atoms with Crippen LogP contribution in [0.3, 0.4) is 0 Å². The molecule has 1 atom stereocenters. The number of nitrogens with one attached hydrogen (secondary N) is 2. The first-order valence-corrected chi connectivity index (χ1v) is 6.86. The molecule has 116 valence electrons. The van der Waals surface area contributed by atoms with Gasteiger partial charge in [-0.2, -0.15) is 0 Å². The Morgan fingerprint density at radius 3 is 2.57 bits per heavy atom. The SMILES string of the molecule is CC(NCc1ccccc1/C(N)=N/O)C(=O)NC(C)(C)C. The van der Waals surface area contributed by atoms with E-state index in [1.54, 1.807) is 13.0 Å². The van der Waals surface area contributed by atoms with E-state index in [1.165, 1.54) is 0 Å². The van der Waals surface area contributed by atoms with E-state index < -0.39 is 0 Å². The van der Waals surface area contributed by atoms with Crippen molar-refractivity contribution in [2.75, 3.05) is 0 Å². The quantitative estimate of drug-likeness (QED) is 0.283. The van der Waals surface area contributed by atoms with E-state index in [-0.39, 0.29) is 23.3 Å². The Hall–Kier alpha value is -2.08. The highest BCUT2D eigenvalue weighted by Gasteiger charge is 2.19. The van der Waals surface area contributed by atoms with Gasteiger partial charge in [0.1, 0.15) is 0 Å². The summed E-state index contributed by atoms with van der Waals surface area (Å²) in [4.78, 5) is 12.0. The summed E-state index contributed by atoms with van der Waals surface area (Å²) in [6.45, 7) is 8.06. The zero-order valence-corrected chi connectivity index (χ0v) is 13.0. The topological polar surface area (TPSA) is 99.7 Å². The first kappa shape index (κ1) is 17.0. The summed E-state index contributed by atoms with van der Waals surface area (Å²) < 4.78 is 0. The second kappa shape index (κ2) is 7.08. The van der Waals surface area contributed by atoms with E-state index in [0.717, 1.165) is 5.56 Å². The molecule has 21 heavy (non-hydrogen) atoms. The van der Waals surface area contributed by atoms with E-state index in [9.17, 15) is 4.79 Å². The number of oxime groups is 1. The second-order valence-corrected chi connectivity index (χ2v) is 5.98. The summed E-state index contributed by atoms with van der Waals surface area (Å²) in [5.74, 6) is -0.0111. The van der Waals surface area contributed by atoms with E-state index >= 15 is 0 Å². The van der Waals surface area contributed by atoms with Gasteiger partial charge >= 0.3 is 0 Å². The predicted molar refractivity (Wildman–Crippen MR) is 83.2 cm³/mol. The van der Waals surface area contributed by atoms with Crippen molar-refractivity contribution in [2.24, 2.45) is 10.9 Å². The fraction of sp³-hybridized carbons (Fsp3) is 0.467. The number of carbonyl (C=O) groups excluding carboxylic acids is 1. The molecule has 1 aromatic carbocycles. The van der Waals surface area contributed by atoms with E-state index in [1.807, 2.05) is 39.0 Å². The lowest BCUT2D eigenvalue weighted by atomic mass is 10.1. The number of nitrogens with zero attached hydrogens (tertiary/aromatic N) is 1. The maximum atomic E-state index is 12.0. The molecule has 0 fully saturated rings. The van der Waals surface area contributed by atoms with Crippen LogP contribution in [0.4, 0.5) is 0 Å². The van der Waals surface area contributed by atoms with Crippen LogP contribution in [0.2, 0.25) is 0 Å². The molecule has 5 N–H and O–H groups in total. The van der Waals surface area contributed by atoms with Crippen LogP contribution >= 0.6 is 0 Å². The summed E-state index contributed by atoms with van der Waals surface area (Å²) in [6, 6.07) is 6.97. The average molecular weight is 292 g/mol. The zero-order valence-electron chi connectivity index (χ0n) is 13.0. The maximum absolute atomic E-state index is 12.0. The number of hydrogen-bond donors (Lipinski definition) is 4. The van der Waals surface area contributed by atoms with Gasteiger partial charge < -0.3 is 21.6 Å². The molecule has 0 saturated heterocycles. The van der Waals surface area contributed by atoms with Crippen LogP contribution in [0.5, 0.6) is 0 Å². The fourth-order valence-electron chi connectivity index (χ4n) is 1.81. The van der Waals surface area contributed by atoms with E-state index in [2.05, 4.69) is 15.8 Å². The van der Waals surface area contributed by atoms with Gasteiger partial charge in [0.2, 0.25) is 5.91 Å². The van der Waals surface area contributed by atoms with Crippen molar-refractivity contribution in [1.29, 1.82) is 0 Å². The largest absolute Gasteiger partial charge is 0.409 e. The third-order valence-electron chi connectivity index (χ3n) is 2.89. The maximum Gasteiger partial charge on any atom is 0.237 e. The number of carbonyl (C=O) groups is 1. The Bertz CT molecular complexity index is 521. The fourth-order valence-corrected chi connectivity index (χ4v) is 1.81. The molecule has 0 spiro atoms. The van der Waals surface area contributed by atoms with Crippen molar-refractivity contribution in [2.45, 2.75) is 45.8 Å². The number of rotatable bonds is 5. The van der Waals surface area contributed by atoms with E-state index in [4.69, 9.17) is 10.9 Å². The number of amidine groups is 1. The molecule has 0 aliphatic rings. The predicted octanol–water partition coefficient (Wildman–Crippen LogP) is 1.17. The molecule has 1 unspecified atom stereocenters. The third-order valence-corrected chi connectivity index (χ3v) is 2.89. The smallest absolute Gasteiger partial charge is 0.237 e. The summed E-state index contributed by atoms with van der Waals surface area (Å²) in [5.41, 5.74) is 6.89. The van der Waals surface area contributed by atoms with Crippen LogP contribution in [0.25, 0.3) is 0 Å². The first-order chi connectivity index (χ1) is 9.74. The van der Waals surface area contributed by atoms with Crippen LogP contribution in [0.15, 0.2) is 29.4 Å². The molecule has 0 bridgehead atoms. The van der Waals surface area contributed by atoms with Gasteiger partial charge in [0, 0.05) is 17.6 Å². The van der Waals surface area contributed by atoms with E-state index in [0.29, 0.717) is 12.1 Å². The molecule has 0 aromatic heterocycles. The highest BCUT2D eigenvalue weighted by atomic mass is 16.4. The van der Waals surface area contributed by atoms with Crippen LogP contribution in [-0.2, 0) is 11.3 Å². The summed E-state index contributed by atoms with van der Waals surface area (Å²) >= 11 is 0. The Kier molecular flexibility index (Phi) is 5.72. The minimum absolute atomic E-state index is 0.0548. The van der Waals surface area contributed by atoms with Crippen molar-refractivity contribution in [1.82, 2.24) is 10.6 Å². The molecular weight excluding hydrogens is 268 g/mol. The Morgan fingerprint density at radius 2 is 2.00 bits per heavy atom. The Balaban J connectivity index is 2.70. The standard InChI is InChI=1S/C15H24N4O2/c1-10(14(20)18-15(2,3)4)17-9-11-7-5-6-8-12(11)13(16)19-21/h5-8,10,17,21H,9H2,1-4H3,(H2,16,19)(H,18,20). The lowest BCUT2D eigenvalue weighted by molar-refractivity contribution is -0.124. The Labute approximate surface area is 125 Å². The third kappa shape index (κ3) is 5.43. The van der Waals surface area contributed by atoms with Crippen molar-refractivity contribution in [3.8, 4) is 0 Å². The average Bonchev–Trinajstić information content (AvgIpc) is 2.42. The van der Waals surface area contributed by atoms with Gasteiger partial charge in [-0.1, -0.05) is 29.4 Å². The minimum atomic E-state index is -0.343. The van der Waals surface area contributed by atoms with Gasteiger partial charge in [-0.3, -0.25) is 4.79 Å². The van der Waals surface area contributed by atoms with Gasteiger partial charge in [-0.15, -0.1) is 0 Å². The number of nitrogens with two attached hydrogens (primary N) is 1. The summed E-state index contributed by atoms with van der Waals surface area (Å²) in [5, 5.41) is 17.9. The van der Waals surface area contributed by atoms with Crippen LogP contribution in [-0.4, -0.2) is 28.5 Å². The van der Waals surface area contributed by atoms with Crippen LogP contribution < -0.4 is 16.4 Å². The lowest BCUT2D eigenvalue weighted by Crippen LogP contribution is -2.49. The lowest BCUT2D eigenvalue weighted by Gasteiger charge is -2.24. The Morgan fingerprint density at radius 1 is 1.38 bits per heavy atom. The summed E-state index contributed by atoms with van der Waals surface area (Å²) in [7, 11) is 0. The van der Waals surface area contributed by atoms with Crippen molar-refractivity contribution >= 4 is 11.7 Å². The molecule has 0 aliphatic carbocycles. The minimum Gasteiger partial charge on any atom is -0.409 e. The molecule has 1 amide bonds. The molecule has 0 aliphatic heterocycles. The molecule has 0 radical (unpaired) electrons. The van der Waals surface area contributed by atoms with Gasteiger partial charge in [-0.25, -0.2) is 0 Å². The molecule has 6 heteroatoms. The first-order valence-electron chi connectivity index (χ1n) is 6.86. The normalized spacial score (nSPS) is 13.8. The highest BCUT2D eigenvalue weighted by molar-refractivity contribution is 5.98. The van der Waals surface area contributed by atoms with Crippen LogP contribution in [0, 0.1) is 0 Å². The highest BCUT2D eigenvalue weighted by Crippen LogP contribution is 2.09. The monoisotopic (exact) mass is 292 g/mol. The molecule has 0 heterocycles. The summed E-state index contributed by atoms with van der Waals surface area (Å²) in [6.07, 6.45) is 0. The van der Waals surface area contributed by atoms with Gasteiger partial charge in [0.15, 0.2) is 5.84 Å². The molecule has 1 rings (SSSR count). The molecule has 6 nitrogen and oxygen atoms in total. The number of amides is 1. The van der Waals surface area contributed by atoms with Crippen molar-refractivity contribution < 1.29 is 10.0 Å². The van der Waals surface area contributed by atoms with Gasteiger partial charge in [-0.05, 0) is 33.3 Å². The number of hydrogen-bond acceptors (Lipinski definition) is 4. The zero-order chi connectivity index (χ0) is 16.0. The molecule has 1 aromatic rings.